The van der Waals surface area contributed by atoms with Gasteiger partial charge in [-0.25, -0.2) is 4.79 Å². The molecule has 1 aliphatic heterocycles. The smallest absolute Gasteiger partial charge is 0.410 e. The van der Waals surface area contributed by atoms with E-state index in [-0.39, 0.29) is 19.1 Å². The third kappa shape index (κ3) is 3.50. The van der Waals surface area contributed by atoms with E-state index in [0.29, 0.717) is 18.7 Å². The molecular formula is C21H23NO5. The average molecular weight is 369 g/mol. The van der Waals surface area contributed by atoms with Crippen molar-refractivity contribution in [1.29, 1.82) is 0 Å². The number of carbonyl (C=O) groups is 1. The van der Waals surface area contributed by atoms with Gasteiger partial charge >= 0.3 is 6.09 Å². The van der Waals surface area contributed by atoms with Gasteiger partial charge in [-0.1, -0.05) is 48.5 Å². The predicted molar refractivity (Wildman–Crippen MR) is 98.1 cm³/mol. The maximum absolute atomic E-state index is 12.4. The van der Waals surface area contributed by atoms with E-state index in [9.17, 15) is 15.0 Å². The van der Waals surface area contributed by atoms with Gasteiger partial charge in [0.05, 0.1) is 6.54 Å². The number of ether oxygens (including phenoxy) is 2. The number of benzene rings is 2. The van der Waals surface area contributed by atoms with Gasteiger partial charge in [-0.15, -0.1) is 0 Å². The summed E-state index contributed by atoms with van der Waals surface area (Å²) in [4.78, 5) is 13.8. The molecule has 1 heterocycles. The van der Waals surface area contributed by atoms with E-state index < -0.39 is 23.9 Å². The van der Waals surface area contributed by atoms with Crippen LogP contribution in [0.2, 0.25) is 0 Å². The maximum atomic E-state index is 12.4. The Labute approximate surface area is 157 Å². The number of para-hydroxylation sites is 1. The van der Waals surface area contributed by atoms with Crippen molar-refractivity contribution < 1.29 is 24.5 Å². The monoisotopic (exact) mass is 369 g/mol. The van der Waals surface area contributed by atoms with Gasteiger partial charge in [-0.3, -0.25) is 0 Å². The second kappa shape index (κ2) is 7.21. The highest BCUT2D eigenvalue weighted by Crippen LogP contribution is 2.43. The summed E-state index contributed by atoms with van der Waals surface area (Å²) in [6.07, 6.45) is -1.55. The highest BCUT2D eigenvalue weighted by atomic mass is 16.6. The molecule has 0 bridgehead atoms. The van der Waals surface area contributed by atoms with Crippen molar-refractivity contribution in [2.75, 3.05) is 13.1 Å². The van der Waals surface area contributed by atoms with Crippen LogP contribution in [0.4, 0.5) is 4.79 Å². The maximum Gasteiger partial charge on any atom is 0.410 e. The molecule has 27 heavy (non-hydrogen) atoms. The van der Waals surface area contributed by atoms with Crippen molar-refractivity contribution >= 4 is 6.09 Å². The average Bonchev–Trinajstić information content (AvgIpc) is 3.14. The van der Waals surface area contributed by atoms with Crippen molar-refractivity contribution in [3.05, 3.63) is 66.2 Å². The Kier molecular flexibility index (Phi) is 4.76. The van der Waals surface area contributed by atoms with Crippen LogP contribution in [0.25, 0.3) is 0 Å². The summed E-state index contributed by atoms with van der Waals surface area (Å²) in [5.74, 6) is 0.412. The number of nitrogens with zero attached hydrogens (tertiary/aromatic N) is 1. The summed E-state index contributed by atoms with van der Waals surface area (Å²) in [5.41, 5.74) is -0.467. The molecule has 2 aromatic carbocycles. The normalized spacial score (nSPS) is 29.4. The number of aliphatic hydroxyl groups is 2. The zero-order chi connectivity index (χ0) is 18.9. The van der Waals surface area contributed by atoms with Crippen LogP contribution >= 0.6 is 0 Å². The topological polar surface area (TPSA) is 79.2 Å². The Hall–Kier alpha value is -2.57. The number of aliphatic hydroxyl groups excluding tert-OH is 1. The fraction of sp³-hybridized carbons (Fsp3) is 0.381. The summed E-state index contributed by atoms with van der Waals surface area (Å²) >= 11 is 0. The number of fused-ring (bicyclic) bond motifs is 1. The SMILES string of the molecule is O=C(OCc1ccccc1)N1C[C@H]2C[C@H](Oc3ccccc3)[C@H](O)[C@@]2(O)C1. The minimum atomic E-state index is -1.37. The first kappa shape index (κ1) is 17.8. The third-order valence-electron chi connectivity index (χ3n) is 5.47. The first-order valence-corrected chi connectivity index (χ1v) is 9.14. The molecule has 1 saturated heterocycles. The van der Waals surface area contributed by atoms with Gasteiger partial charge in [0.15, 0.2) is 0 Å². The summed E-state index contributed by atoms with van der Waals surface area (Å²) in [7, 11) is 0. The molecule has 0 unspecified atom stereocenters. The molecule has 2 aliphatic rings. The molecule has 0 spiro atoms. The van der Waals surface area contributed by atoms with E-state index in [4.69, 9.17) is 9.47 Å². The lowest BCUT2D eigenvalue weighted by atomic mass is 9.93. The molecule has 1 saturated carbocycles. The summed E-state index contributed by atoms with van der Waals surface area (Å²) < 4.78 is 11.2. The van der Waals surface area contributed by atoms with Crippen molar-refractivity contribution in [3.63, 3.8) is 0 Å². The second-order valence-corrected chi connectivity index (χ2v) is 7.26. The van der Waals surface area contributed by atoms with Gasteiger partial charge in [0.2, 0.25) is 0 Å². The first-order chi connectivity index (χ1) is 13.1. The fourth-order valence-electron chi connectivity index (χ4n) is 4.00. The molecule has 142 valence electrons. The van der Waals surface area contributed by atoms with E-state index in [1.807, 2.05) is 60.7 Å². The number of amides is 1. The Morgan fingerprint density at radius 2 is 1.78 bits per heavy atom. The van der Waals surface area contributed by atoms with Crippen LogP contribution in [0.1, 0.15) is 12.0 Å². The number of carbonyl (C=O) groups excluding carboxylic acids is 1. The fourth-order valence-corrected chi connectivity index (χ4v) is 4.00. The van der Waals surface area contributed by atoms with Crippen molar-refractivity contribution in [2.24, 2.45) is 5.92 Å². The molecule has 4 atom stereocenters. The minimum Gasteiger partial charge on any atom is -0.488 e. The van der Waals surface area contributed by atoms with Gasteiger partial charge in [0.1, 0.15) is 30.2 Å². The van der Waals surface area contributed by atoms with E-state index in [2.05, 4.69) is 0 Å². The van der Waals surface area contributed by atoms with Crippen LogP contribution in [0.5, 0.6) is 5.75 Å². The first-order valence-electron chi connectivity index (χ1n) is 9.14. The Morgan fingerprint density at radius 1 is 1.11 bits per heavy atom. The van der Waals surface area contributed by atoms with Crippen LogP contribution in [0.3, 0.4) is 0 Å². The second-order valence-electron chi connectivity index (χ2n) is 7.26. The van der Waals surface area contributed by atoms with Gasteiger partial charge in [-0.2, -0.15) is 0 Å². The lowest BCUT2D eigenvalue weighted by Crippen LogP contribution is -2.49. The summed E-state index contributed by atoms with van der Waals surface area (Å²) in [6, 6.07) is 18.7. The van der Waals surface area contributed by atoms with Gasteiger partial charge in [0.25, 0.3) is 0 Å². The largest absolute Gasteiger partial charge is 0.488 e. The van der Waals surface area contributed by atoms with Crippen LogP contribution in [0, 0.1) is 5.92 Å². The van der Waals surface area contributed by atoms with E-state index in [1.165, 1.54) is 4.90 Å². The standard InChI is InChI=1S/C21H23NO5/c23-19-18(27-17-9-5-2-6-10-17)11-16-12-22(14-21(16,19)25)20(24)26-13-15-7-3-1-4-8-15/h1-10,16,18-19,23,25H,11-14H2/t16-,18+,19+,21-/m1/s1. The minimum absolute atomic E-state index is 0.0428. The summed E-state index contributed by atoms with van der Waals surface area (Å²) in [6.45, 7) is 0.568. The van der Waals surface area contributed by atoms with Gasteiger partial charge in [0, 0.05) is 12.5 Å². The molecule has 1 amide bonds. The highest BCUT2D eigenvalue weighted by Gasteiger charge is 2.60. The molecular weight excluding hydrogens is 346 g/mol. The quantitative estimate of drug-likeness (QED) is 0.864. The van der Waals surface area contributed by atoms with Crippen LogP contribution in [-0.4, -0.2) is 52.1 Å². The molecule has 2 aromatic rings. The molecule has 4 rings (SSSR count). The number of rotatable bonds is 4. The molecule has 6 nitrogen and oxygen atoms in total. The Morgan fingerprint density at radius 3 is 2.44 bits per heavy atom. The lowest BCUT2D eigenvalue weighted by molar-refractivity contribution is -0.0859. The van der Waals surface area contributed by atoms with Crippen LogP contribution < -0.4 is 4.74 Å². The van der Waals surface area contributed by atoms with E-state index in [0.717, 1.165) is 5.56 Å². The molecule has 6 heteroatoms. The van der Waals surface area contributed by atoms with Crippen LogP contribution in [0.15, 0.2) is 60.7 Å². The molecule has 2 N–H and O–H groups in total. The summed E-state index contributed by atoms with van der Waals surface area (Å²) in [5, 5.41) is 21.6. The number of hydrogen-bond donors (Lipinski definition) is 2. The van der Waals surface area contributed by atoms with Crippen LogP contribution in [-0.2, 0) is 11.3 Å². The lowest BCUT2D eigenvalue weighted by Gasteiger charge is -2.28. The molecule has 0 radical (unpaired) electrons. The van der Waals surface area contributed by atoms with E-state index in [1.54, 1.807) is 0 Å². The van der Waals surface area contributed by atoms with Gasteiger partial charge in [-0.05, 0) is 24.1 Å². The third-order valence-corrected chi connectivity index (χ3v) is 5.47. The Balaban J connectivity index is 1.35. The predicted octanol–water partition coefficient (Wildman–Crippen LogP) is 2.20. The van der Waals surface area contributed by atoms with E-state index >= 15 is 0 Å². The molecule has 2 fully saturated rings. The highest BCUT2D eigenvalue weighted by molar-refractivity contribution is 5.68. The van der Waals surface area contributed by atoms with Crippen molar-refractivity contribution in [3.8, 4) is 5.75 Å². The number of β-amino-alcohol motifs (C(OH)–C–C–N with tert-alkyl or cyclic N) is 1. The van der Waals surface area contributed by atoms with Crippen molar-refractivity contribution in [1.82, 2.24) is 4.90 Å². The Bertz CT molecular complexity index is 784. The zero-order valence-electron chi connectivity index (χ0n) is 14.9. The zero-order valence-corrected chi connectivity index (χ0v) is 14.9. The van der Waals surface area contributed by atoms with Crippen molar-refractivity contribution in [2.45, 2.75) is 30.8 Å². The number of hydrogen-bond acceptors (Lipinski definition) is 5. The van der Waals surface area contributed by atoms with Gasteiger partial charge < -0.3 is 24.6 Å². The molecule has 0 aromatic heterocycles. The molecule has 1 aliphatic carbocycles. The number of likely N-dealkylation sites (tertiary alicyclic amines) is 1.